The molecule has 0 bridgehead atoms. The van der Waals surface area contributed by atoms with Crippen molar-refractivity contribution in [2.24, 2.45) is 0 Å². The van der Waals surface area contributed by atoms with Gasteiger partial charge >= 0.3 is 0 Å². The summed E-state index contributed by atoms with van der Waals surface area (Å²) in [6, 6.07) is 11.7. The van der Waals surface area contributed by atoms with Gasteiger partial charge in [-0.15, -0.1) is 0 Å². The Labute approximate surface area is 156 Å². The van der Waals surface area contributed by atoms with Crippen LogP contribution in [-0.2, 0) is 10.2 Å². The summed E-state index contributed by atoms with van der Waals surface area (Å²) < 4.78 is 21.1. The molecule has 1 amide bonds. The largest absolute Gasteiger partial charge is 0.478 e. The van der Waals surface area contributed by atoms with Crippen LogP contribution in [0.5, 0.6) is 5.88 Å². The number of halogens is 1. The van der Waals surface area contributed by atoms with E-state index < -0.39 is 5.41 Å². The number of hydrogen-bond donors (Lipinski definition) is 1. The maximum Gasteiger partial charge on any atom is 0.236 e. The minimum atomic E-state index is -0.796. The molecule has 0 saturated heterocycles. The highest BCUT2D eigenvalue weighted by Gasteiger charge is 2.52. The molecule has 0 unspecified atom stereocenters. The first-order valence-electron chi connectivity index (χ1n) is 8.84. The van der Waals surface area contributed by atoms with Gasteiger partial charge < -0.3 is 10.1 Å². The molecule has 4 rings (SSSR count). The second kappa shape index (κ2) is 6.83. The third-order valence-corrected chi connectivity index (χ3v) is 4.68. The Hall–Kier alpha value is -3.22. The molecule has 0 spiro atoms. The van der Waals surface area contributed by atoms with Gasteiger partial charge in [-0.2, -0.15) is 5.10 Å². The van der Waals surface area contributed by atoms with E-state index >= 15 is 0 Å². The number of rotatable bonds is 6. The number of hydrogen-bond acceptors (Lipinski definition) is 4. The van der Waals surface area contributed by atoms with Crippen molar-refractivity contribution in [2.75, 3.05) is 11.9 Å². The van der Waals surface area contributed by atoms with Crippen LogP contribution in [-0.4, -0.2) is 27.3 Å². The molecule has 138 valence electrons. The lowest BCUT2D eigenvalue weighted by Gasteiger charge is -2.15. The molecule has 0 radical (unpaired) electrons. The minimum Gasteiger partial charge on any atom is -0.478 e. The molecule has 3 aromatic rings. The Morgan fingerprint density at radius 2 is 2.07 bits per heavy atom. The predicted molar refractivity (Wildman–Crippen MR) is 98.5 cm³/mol. The van der Waals surface area contributed by atoms with Gasteiger partial charge in [-0.1, -0.05) is 18.2 Å². The predicted octanol–water partition coefficient (Wildman–Crippen LogP) is 3.48. The highest BCUT2D eigenvalue weighted by molar-refractivity contribution is 6.00. The van der Waals surface area contributed by atoms with Crippen LogP contribution in [0.4, 0.5) is 10.2 Å². The molecule has 1 saturated carbocycles. The van der Waals surface area contributed by atoms with Crippen LogP contribution in [0.2, 0.25) is 0 Å². The molecule has 2 heterocycles. The van der Waals surface area contributed by atoms with E-state index in [2.05, 4.69) is 15.4 Å². The van der Waals surface area contributed by atoms with E-state index in [0.717, 1.165) is 5.69 Å². The molecular weight excluding hydrogens is 347 g/mol. The summed E-state index contributed by atoms with van der Waals surface area (Å²) in [6.07, 6.45) is 4.63. The van der Waals surface area contributed by atoms with Crippen LogP contribution in [0, 0.1) is 5.82 Å². The van der Waals surface area contributed by atoms with E-state index in [0.29, 0.717) is 36.7 Å². The lowest BCUT2D eigenvalue weighted by atomic mass is 9.94. The van der Waals surface area contributed by atoms with Crippen LogP contribution in [0.1, 0.15) is 25.3 Å². The maximum absolute atomic E-state index is 14.1. The first-order chi connectivity index (χ1) is 13.1. The number of pyridine rings is 1. The van der Waals surface area contributed by atoms with Crippen molar-refractivity contribution in [3.8, 4) is 11.6 Å². The normalized spacial score (nSPS) is 14.6. The number of carbonyl (C=O) groups excluding carboxylic acids is 1. The van der Waals surface area contributed by atoms with Crippen LogP contribution in [0.3, 0.4) is 0 Å². The van der Waals surface area contributed by atoms with E-state index in [1.165, 1.54) is 6.07 Å². The van der Waals surface area contributed by atoms with Gasteiger partial charge in [0, 0.05) is 23.9 Å². The van der Waals surface area contributed by atoms with Crippen molar-refractivity contribution >= 4 is 11.7 Å². The molecular formula is C20H19FN4O2. The van der Waals surface area contributed by atoms with Gasteiger partial charge in [0.25, 0.3) is 0 Å². The summed E-state index contributed by atoms with van der Waals surface area (Å²) in [7, 11) is 0. The average Bonchev–Trinajstić information content (AvgIpc) is 3.36. The molecule has 0 aliphatic heterocycles. The topological polar surface area (TPSA) is 69.0 Å². The molecule has 0 atom stereocenters. The molecule has 1 fully saturated rings. The summed E-state index contributed by atoms with van der Waals surface area (Å²) >= 11 is 0. The standard InChI is InChI=1S/C20H19FN4O2/c1-2-27-18-8-7-14(13-22-18)25-12-9-17(24-25)23-19(26)20(10-11-20)15-5-3-4-6-16(15)21/h3-9,12-13H,2,10-11H2,1H3,(H,23,24,26). The van der Waals surface area contributed by atoms with E-state index in [1.54, 1.807) is 47.4 Å². The quantitative estimate of drug-likeness (QED) is 0.725. The fraction of sp³-hybridized carbons (Fsp3) is 0.250. The third-order valence-electron chi connectivity index (χ3n) is 4.68. The van der Waals surface area contributed by atoms with Crippen molar-refractivity contribution in [3.05, 3.63) is 66.2 Å². The number of nitrogens with zero attached hydrogens (tertiary/aromatic N) is 3. The van der Waals surface area contributed by atoms with Gasteiger partial charge in [0.05, 0.1) is 23.9 Å². The zero-order valence-corrected chi connectivity index (χ0v) is 14.9. The summed E-state index contributed by atoms with van der Waals surface area (Å²) in [6.45, 7) is 2.44. The van der Waals surface area contributed by atoms with Gasteiger partial charge in [-0.3, -0.25) is 4.79 Å². The van der Waals surface area contributed by atoms with Crippen molar-refractivity contribution in [2.45, 2.75) is 25.2 Å². The summed E-state index contributed by atoms with van der Waals surface area (Å²) in [5, 5.41) is 7.17. The lowest BCUT2D eigenvalue weighted by molar-refractivity contribution is -0.118. The van der Waals surface area contributed by atoms with Crippen molar-refractivity contribution < 1.29 is 13.9 Å². The second-order valence-electron chi connectivity index (χ2n) is 6.45. The summed E-state index contributed by atoms with van der Waals surface area (Å²) in [5.41, 5.74) is 0.391. The average molecular weight is 366 g/mol. The lowest BCUT2D eigenvalue weighted by Crippen LogP contribution is -2.29. The maximum atomic E-state index is 14.1. The second-order valence-corrected chi connectivity index (χ2v) is 6.45. The van der Waals surface area contributed by atoms with E-state index in [9.17, 15) is 9.18 Å². The van der Waals surface area contributed by atoms with Crippen molar-refractivity contribution in [1.29, 1.82) is 0 Å². The van der Waals surface area contributed by atoms with Crippen LogP contribution >= 0.6 is 0 Å². The Bertz CT molecular complexity index is 964. The summed E-state index contributed by atoms with van der Waals surface area (Å²) in [5.74, 6) is 0.373. The van der Waals surface area contributed by atoms with Crippen molar-refractivity contribution in [1.82, 2.24) is 14.8 Å². The fourth-order valence-corrected chi connectivity index (χ4v) is 3.10. The molecule has 7 heteroatoms. The number of amides is 1. The zero-order chi connectivity index (χ0) is 18.9. The van der Waals surface area contributed by atoms with Crippen molar-refractivity contribution in [3.63, 3.8) is 0 Å². The number of ether oxygens (including phenoxy) is 1. The summed E-state index contributed by atoms with van der Waals surface area (Å²) in [4.78, 5) is 17.0. The smallest absolute Gasteiger partial charge is 0.236 e. The van der Waals surface area contributed by atoms with Gasteiger partial charge in [0.1, 0.15) is 5.82 Å². The molecule has 1 aliphatic rings. The molecule has 1 N–H and O–H groups in total. The van der Waals surface area contributed by atoms with Gasteiger partial charge in [0.15, 0.2) is 5.82 Å². The highest BCUT2D eigenvalue weighted by Crippen LogP contribution is 2.49. The van der Waals surface area contributed by atoms with Crippen LogP contribution in [0.25, 0.3) is 5.69 Å². The number of benzene rings is 1. The minimum absolute atomic E-state index is 0.234. The number of carbonyl (C=O) groups is 1. The highest BCUT2D eigenvalue weighted by atomic mass is 19.1. The van der Waals surface area contributed by atoms with Gasteiger partial charge in [-0.25, -0.2) is 14.1 Å². The Kier molecular flexibility index (Phi) is 4.35. The molecule has 6 nitrogen and oxygen atoms in total. The van der Waals surface area contributed by atoms with Gasteiger partial charge in [-0.05, 0) is 31.9 Å². The molecule has 1 aromatic carbocycles. The van der Waals surface area contributed by atoms with Gasteiger partial charge in [0.2, 0.25) is 11.8 Å². The zero-order valence-electron chi connectivity index (χ0n) is 14.9. The Morgan fingerprint density at radius 1 is 1.26 bits per heavy atom. The molecule has 2 aromatic heterocycles. The van der Waals surface area contributed by atoms with Crippen LogP contribution < -0.4 is 10.1 Å². The fourth-order valence-electron chi connectivity index (χ4n) is 3.10. The number of aromatic nitrogens is 3. The molecule has 27 heavy (non-hydrogen) atoms. The first-order valence-corrected chi connectivity index (χ1v) is 8.84. The van der Waals surface area contributed by atoms with E-state index in [-0.39, 0.29) is 11.7 Å². The van der Waals surface area contributed by atoms with Crippen LogP contribution in [0.15, 0.2) is 54.9 Å². The van der Waals surface area contributed by atoms with E-state index in [4.69, 9.17) is 4.74 Å². The number of anilines is 1. The third kappa shape index (κ3) is 3.28. The molecule has 1 aliphatic carbocycles. The van der Waals surface area contributed by atoms with E-state index in [1.807, 2.05) is 13.0 Å². The Morgan fingerprint density at radius 3 is 2.74 bits per heavy atom. The monoisotopic (exact) mass is 366 g/mol. The Balaban J connectivity index is 1.49. The SMILES string of the molecule is CCOc1ccc(-n2ccc(NC(=O)C3(c4ccccc4F)CC3)n2)cn1. The first kappa shape index (κ1) is 17.2. The number of nitrogens with one attached hydrogen (secondary N) is 1.